The fourth-order valence-corrected chi connectivity index (χ4v) is 5.83. The molecule has 0 saturated carbocycles. The summed E-state index contributed by atoms with van der Waals surface area (Å²) >= 11 is 0. The van der Waals surface area contributed by atoms with Crippen molar-refractivity contribution in [3.8, 4) is 17.2 Å². The quantitative estimate of drug-likeness (QED) is 0.342. The second kappa shape index (κ2) is 12.3. The molecule has 2 saturated heterocycles. The van der Waals surface area contributed by atoms with Gasteiger partial charge in [0.15, 0.2) is 11.5 Å². The largest absolute Gasteiger partial charge is 0.497 e. The molecular weight excluding hydrogens is 504 g/mol. The summed E-state index contributed by atoms with van der Waals surface area (Å²) in [5.74, 6) is 1.99. The van der Waals surface area contributed by atoms with Crippen LogP contribution in [0.25, 0.3) is 0 Å². The zero-order valence-corrected chi connectivity index (χ0v) is 24.0. The molecule has 7 heteroatoms. The first kappa shape index (κ1) is 28.0. The highest BCUT2D eigenvalue weighted by molar-refractivity contribution is 5.95. The normalized spacial score (nSPS) is 21.4. The third-order valence-electron chi connectivity index (χ3n) is 7.96. The van der Waals surface area contributed by atoms with Crippen LogP contribution in [0.5, 0.6) is 17.2 Å². The lowest BCUT2D eigenvalue weighted by Crippen LogP contribution is -2.56. The minimum Gasteiger partial charge on any atom is -0.497 e. The fraction of sp³-hybridized carbons (Fsp3) is 0.424. The van der Waals surface area contributed by atoms with Crippen LogP contribution in [0.15, 0.2) is 72.8 Å². The van der Waals surface area contributed by atoms with Crippen molar-refractivity contribution in [2.24, 2.45) is 0 Å². The van der Waals surface area contributed by atoms with E-state index < -0.39 is 0 Å². The molecule has 0 radical (unpaired) electrons. The van der Waals surface area contributed by atoms with Crippen LogP contribution in [0.3, 0.4) is 0 Å². The average molecular weight is 545 g/mol. The Balaban J connectivity index is 1.28. The monoisotopic (exact) mass is 544 g/mol. The van der Waals surface area contributed by atoms with Gasteiger partial charge in [0.2, 0.25) is 0 Å². The number of benzene rings is 3. The highest BCUT2D eigenvalue weighted by Crippen LogP contribution is 2.41. The van der Waals surface area contributed by atoms with E-state index in [2.05, 4.69) is 47.4 Å². The number of hydrogen-bond donors (Lipinski definition) is 0. The molecular formula is C33H40N2O5. The maximum absolute atomic E-state index is 13.4. The number of ether oxygens (including phenoxy) is 4. The molecule has 1 amide bonds. The average Bonchev–Trinajstić information content (AvgIpc) is 2.98. The van der Waals surface area contributed by atoms with Crippen LogP contribution in [0.4, 0.5) is 0 Å². The van der Waals surface area contributed by atoms with Gasteiger partial charge in [-0.3, -0.25) is 9.69 Å². The lowest BCUT2D eigenvalue weighted by atomic mass is 9.82. The minimum atomic E-state index is -0.277. The van der Waals surface area contributed by atoms with Gasteiger partial charge in [0.1, 0.15) is 12.5 Å². The molecule has 0 bridgehead atoms. The molecule has 2 aliphatic heterocycles. The number of nitrogens with zero attached hydrogens (tertiary/aromatic N) is 2. The standard InChI is InChI=1S/C33H40N2O5/c1-24(2)40-30-15-12-27(20-31(30)38-4)32(36)34-19-18-33(39-23-34)17-16-29(26-8-6-5-7-9-26)35(22-33)21-25-10-13-28(37-3)14-11-25/h5-15,20,24,29H,16-19,21-23H2,1-4H3. The summed E-state index contributed by atoms with van der Waals surface area (Å²) in [5, 5.41) is 0. The van der Waals surface area contributed by atoms with E-state index in [0.717, 1.165) is 38.1 Å². The van der Waals surface area contributed by atoms with Crippen LogP contribution < -0.4 is 14.2 Å². The second-order valence-electron chi connectivity index (χ2n) is 11.0. The first-order valence-corrected chi connectivity index (χ1v) is 14.1. The van der Waals surface area contributed by atoms with Gasteiger partial charge in [0.05, 0.1) is 25.9 Å². The van der Waals surface area contributed by atoms with Crippen molar-refractivity contribution in [3.63, 3.8) is 0 Å². The molecule has 212 valence electrons. The number of methoxy groups -OCH3 is 2. The Kier molecular flexibility index (Phi) is 8.62. The van der Waals surface area contributed by atoms with Crippen molar-refractivity contribution in [1.82, 2.24) is 9.80 Å². The van der Waals surface area contributed by atoms with E-state index >= 15 is 0 Å². The van der Waals surface area contributed by atoms with Crippen molar-refractivity contribution in [2.75, 3.05) is 34.0 Å². The van der Waals surface area contributed by atoms with Gasteiger partial charge >= 0.3 is 0 Å². The molecule has 1 spiro atoms. The highest BCUT2D eigenvalue weighted by Gasteiger charge is 2.44. The lowest BCUT2D eigenvalue weighted by Gasteiger charge is -2.50. The Morgan fingerprint density at radius 1 is 0.975 bits per heavy atom. The van der Waals surface area contributed by atoms with Crippen molar-refractivity contribution >= 4 is 5.91 Å². The number of piperidine rings is 1. The fourth-order valence-electron chi connectivity index (χ4n) is 5.83. The summed E-state index contributed by atoms with van der Waals surface area (Å²) in [6.07, 6.45) is 2.78. The summed E-state index contributed by atoms with van der Waals surface area (Å²) in [4.78, 5) is 17.7. The molecule has 7 nitrogen and oxygen atoms in total. The number of likely N-dealkylation sites (tertiary alicyclic amines) is 1. The van der Waals surface area contributed by atoms with Crippen LogP contribution >= 0.6 is 0 Å². The molecule has 0 N–H and O–H groups in total. The molecule has 5 rings (SSSR count). The number of hydrogen-bond acceptors (Lipinski definition) is 6. The third kappa shape index (κ3) is 6.26. The van der Waals surface area contributed by atoms with Crippen LogP contribution in [0, 0.1) is 0 Å². The van der Waals surface area contributed by atoms with E-state index in [9.17, 15) is 4.79 Å². The van der Waals surface area contributed by atoms with Gasteiger partial charge < -0.3 is 23.8 Å². The highest BCUT2D eigenvalue weighted by atomic mass is 16.5. The molecule has 2 fully saturated rings. The molecule has 2 aliphatic rings. The first-order valence-electron chi connectivity index (χ1n) is 14.1. The van der Waals surface area contributed by atoms with E-state index in [1.807, 2.05) is 26.0 Å². The van der Waals surface area contributed by atoms with E-state index in [4.69, 9.17) is 18.9 Å². The van der Waals surface area contributed by atoms with E-state index in [1.165, 1.54) is 11.1 Å². The van der Waals surface area contributed by atoms with E-state index in [1.54, 1.807) is 37.3 Å². The lowest BCUT2D eigenvalue weighted by molar-refractivity contribution is -0.162. The van der Waals surface area contributed by atoms with Crippen molar-refractivity contribution in [3.05, 3.63) is 89.5 Å². The third-order valence-corrected chi connectivity index (χ3v) is 7.96. The zero-order chi connectivity index (χ0) is 28.1. The Morgan fingerprint density at radius 3 is 2.40 bits per heavy atom. The van der Waals surface area contributed by atoms with Crippen LogP contribution in [0.2, 0.25) is 0 Å². The zero-order valence-electron chi connectivity index (χ0n) is 24.0. The SMILES string of the molecule is COc1ccc(CN2CC3(CCC2c2ccccc2)CCN(C(=O)c2ccc(OC(C)C)c(OC)c2)CO3)cc1. The van der Waals surface area contributed by atoms with E-state index in [0.29, 0.717) is 29.6 Å². The Morgan fingerprint density at radius 2 is 1.75 bits per heavy atom. The topological polar surface area (TPSA) is 60.5 Å². The van der Waals surface area contributed by atoms with Crippen LogP contribution in [-0.4, -0.2) is 61.5 Å². The summed E-state index contributed by atoms with van der Waals surface area (Å²) in [6.45, 7) is 6.49. The van der Waals surface area contributed by atoms with Gasteiger partial charge in [-0.05, 0) is 74.6 Å². The predicted molar refractivity (Wildman–Crippen MR) is 155 cm³/mol. The Labute approximate surface area is 237 Å². The smallest absolute Gasteiger partial charge is 0.255 e. The summed E-state index contributed by atoms with van der Waals surface area (Å²) < 4.78 is 23.2. The molecule has 0 aromatic heterocycles. The number of rotatable bonds is 8. The number of carbonyl (C=O) groups is 1. The summed E-state index contributed by atoms with van der Waals surface area (Å²) in [5.41, 5.74) is 2.87. The van der Waals surface area contributed by atoms with Crippen LogP contribution in [0.1, 0.15) is 60.6 Å². The van der Waals surface area contributed by atoms with Crippen molar-refractivity contribution in [2.45, 2.75) is 57.4 Å². The summed E-state index contributed by atoms with van der Waals surface area (Å²) in [7, 11) is 3.28. The predicted octanol–water partition coefficient (Wildman–Crippen LogP) is 6.09. The Hall–Kier alpha value is -3.55. The molecule has 3 aromatic carbocycles. The molecule has 2 unspecified atom stereocenters. The first-order chi connectivity index (χ1) is 19.4. The maximum atomic E-state index is 13.4. The van der Waals surface area contributed by atoms with Gasteiger partial charge in [0, 0.05) is 31.2 Å². The molecule has 3 aromatic rings. The second-order valence-corrected chi connectivity index (χ2v) is 11.0. The molecule has 2 heterocycles. The molecule has 2 atom stereocenters. The minimum absolute atomic E-state index is 0.0170. The molecule has 0 aliphatic carbocycles. The van der Waals surface area contributed by atoms with Crippen LogP contribution in [-0.2, 0) is 11.3 Å². The van der Waals surface area contributed by atoms with Gasteiger partial charge in [-0.2, -0.15) is 0 Å². The maximum Gasteiger partial charge on any atom is 0.255 e. The Bertz CT molecular complexity index is 1270. The van der Waals surface area contributed by atoms with Gasteiger partial charge in [-0.15, -0.1) is 0 Å². The van der Waals surface area contributed by atoms with Crippen molar-refractivity contribution in [1.29, 1.82) is 0 Å². The molecule has 40 heavy (non-hydrogen) atoms. The van der Waals surface area contributed by atoms with Gasteiger partial charge in [-0.1, -0.05) is 42.5 Å². The van der Waals surface area contributed by atoms with Gasteiger partial charge in [0.25, 0.3) is 5.91 Å². The number of carbonyl (C=O) groups excluding carboxylic acids is 1. The summed E-state index contributed by atoms with van der Waals surface area (Å²) in [6, 6.07) is 24.7. The van der Waals surface area contributed by atoms with E-state index in [-0.39, 0.29) is 24.3 Å². The number of amides is 1. The van der Waals surface area contributed by atoms with Gasteiger partial charge in [-0.25, -0.2) is 0 Å². The van der Waals surface area contributed by atoms with Crippen molar-refractivity contribution < 1.29 is 23.7 Å².